The summed E-state index contributed by atoms with van der Waals surface area (Å²) in [6.45, 7) is 0. The first kappa shape index (κ1) is 17.7. The minimum absolute atomic E-state index is 0.0323. The minimum Gasteiger partial charge on any atom is -0.479 e. The zero-order valence-electron chi connectivity index (χ0n) is 12.7. The molecule has 128 valence electrons. The van der Waals surface area contributed by atoms with Crippen molar-refractivity contribution in [1.82, 2.24) is 10.2 Å². The fourth-order valence-electron chi connectivity index (χ4n) is 2.44. The first-order valence-corrected chi connectivity index (χ1v) is 8.10. The van der Waals surface area contributed by atoms with E-state index in [2.05, 4.69) is 26.1 Å². The van der Waals surface area contributed by atoms with Crippen LogP contribution in [-0.4, -0.2) is 17.3 Å². The van der Waals surface area contributed by atoms with E-state index < -0.39 is 23.0 Å². The van der Waals surface area contributed by atoms with Gasteiger partial charge in [0.25, 0.3) is 0 Å². The number of benzene rings is 2. The molecule has 8 heteroatoms. The lowest BCUT2D eigenvalue weighted by molar-refractivity contribution is 0.394. The Hall–Kier alpha value is -2.12. The van der Waals surface area contributed by atoms with Crippen LogP contribution in [0, 0.1) is 17.5 Å². The fourth-order valence-corrected chi connectivity index (χ4v) is 2.93. The van der Waals surface area contributed by atoms with Crippen LogP contribution in [0.4, 0.5) is 13.2 Å². The van der Waals surface area contributed by atoms with Gasteiger partial charge >= 0.3 is 0 Å². The van der Waals surface area contributed by atoms with E-state index in [1.54, 1.807) is 24.3 Å². The average molecular weight is 430 g/mol. The van der Waals surface area contributed by atoms with Gasteiger partial charge in [-0.05, 0) is 17.7 Å². The fraction of sp³-hybridized carbons (Fsp3) is 0.0588. The summed E-state index contributed by atoms with van der Waals surface area (Å²) in [7, 11) is 1.35. The van der Waals surface area contributed by atoms with E-state index in [9.17, 15) is 13.2 Å². The monoisotopic (exact) mass is 428 g/mol. The highest BCUT2D eigenvalue weighted by Crippen LogP contribution is 2.43. The molecular weight excluding hydrogens is 421 g/mol. The molecule has 0 saturated heterocycles. The number of rotatable bonds is 3. The highest BCUT2D eigenvalue weighted by Gasteiger charge is 2.25. The topological polar surface area (TPSA) is 35.0 Å². The van der Waals surface area contributed by atoms with Gasteiger partial charge in [-0.2, -0.15) is 0 Å². The maximum Gasteiger partial charge on any atom is 0.241 e. The molecule has 3 rings (SSSR count). The Kier molecular flexibility index (Phi) is 4.96. The molecule has 0 unspecified atom stereocenters. The van der Waals surface area contributed by atoms with Crippen LogP contribution < -0.4 is 4.74 Å². The largest absolute Gasteiger partial charge is 0.479 e. The number of hydrogen-bond acceptors (Lipinski definition) is 3. The lowest BCUT2D eigenvalue weighted by Crippen LogP contribution is -2.02. The van der Waals surface area contributed by atoms with Crippen LogP contribution >= 0.6 is 27.5 Å². The van der Waals surface area contributed by atoms with E-state index in [1.807, 2.05) is 0 Å². The van der Waals surface area contributed by atoms with Crippen LogP contribution in [-0.2, 0) is 0 Å². The van der Waals surface area contributed by atoms with Crippen molar-refractivity contribution >= 4 is 27.5 Å². The lowest BCUT2D eigenvalue weighted by Gasteiger charge is -2.15. The average Bonchev–Trinajstić information content (AvgIpc) is 2.56. The van der Waals surface area contributed by atoms with Gasteiger partial charge in [0.15, 0.2) is 5.15 Å². The Morgan fingerprint density at radius 2 is 1.52 bits per heavy atom. The maximum atomic E-state index is 14.3. The number of hydrogen-bond donors (Lipinski definition) is 0. The molecule has 0 amide bonds. The molecule has 0 N–H and O–H groups in total. The summed E-state index contributed by atoms with van der Waals surface area (Å²) >= 11 is 9.41. The van der Waals surface area contributed by atoms with Gasteiger partial charge in [0.1, 0.15) is 17.5 Å². The van der Waals surface area contributed by atoms with Crippen molar-refractivity contribution in [2.75, 3.05) is 7.11 Å². The van der Waals surface area contributed by atoms with E-state index in [4.69, 9.17) is 16.3 Å². The molecule has 3 nitrogen and oxygen atoms in total. The van der Waals surface area contributed by atoms with Gasteiger partial charge in [-0.1, -0.05) is 39.7 Å². The minimum atomic E-state index is -1.10. The molecule has 0 radical (unpaired) electrons. The molecule has 25 heavy (non-hydrogen) atoms. The van der Waals surface area contributed by atoms with Gasteiger partial charge in [0, 0.05) is 22.2 Å². The molecule has 0 fully saturated rings. The highest BCUT2D eigenvalue weighted by atomic mass is 79.9. The van der Waals surface area contributed by atoms with Gasteiger partial charge in [0.2, 0.25) is 5.88 Å². The molecule has 1 heterocycles. The summed E-state index contributed by atoms with van der Waals surface area (Å²) in [6, 6.07) is 8.03. The third-order valence-electron chi connectivity index (χ3n) is 3.48. The summed E-state index contributed by atoms with van der Waals surface area (Å²) in [6.07, 6.45) is 0. The molecule has 3 aromatic rings. The smallest absolute Gasteiger partial charge is 0.241 e. The quantitative estimate of drug-likeness (QED) is 0.539. The van der Waals surface area contributed by atoms with Crippen LogP contribution in [0.5, 0.6) is 5.88 Å². The Labute approximate surface area is 154 Å². The second-order valence-corrected chi connectivity index (χ2v) is 6.28. The molecule has 0 spiro atoms. The van der Waals surface area contributed by atoms with Crippen molar-refractivity contribution < 1.29 is 17.9 Å². The predicted octanol–water partition coefficient (Wildman–Crippen LogP) is 5.65. The SMILES string of the molecule is COc1nnc(Cl)c(-c2c(F)cc(F)cc2F)c1-c1ccc(Br)cc1. The number of halogens is 5. The van der Waals surface area contributed by atoms with Gasteiger partial charge in [-0.25, -0.2) is 13.2 Å². The van der Waals surface area contributed by atoms with Crippen LogP contribution in [0.25, 0.3) is 22.3 Å². The second kappa shape index (κ2) is 7.01. The van der Waals surface area contributed by atoms with E-state index in [0.717, 1.165) is 4.47 Å². The summed E-state index contributed by atoms with van der Waals surface area (Å²) in [4.78, 5) is 0. The van der Waals surface area contributed by atoms with Crippen LogP contribution in [0.15, 0.2) is 40.9 Å². The summed E-state index contributed by atoms with van der Waals surface area (Å²) in [5, 5.41) is 7.28. The summed E-state index contributed by atoms with van der Waals surface area (Å²) < 4.78 is 47.9. The molecule has 1 aromatic heterocycles. The van der Waals surface area contributed by atoms with Crippen molar-refractivity contribution in [3.8, 4) is 28.1 Å². The number of nitrogens with zero attached hydrogens (tertiary/aromatic N) is 2. The van der Waals surface area contributed by atoms with Crippen LogP contribution in [0.2, 0.25) is 5.15 Å². The lowest BCUT2D eigenvalue weighted by atomic mass is 9.96. The summed E-state index contributed by atoms with van der Waals surface area (Å²) in [5.74, 6) is -3.21. The molecule has 0 saturated carbocycles. The Morgan fingerprint density at radius 3 is 2.08 bits per heavy atom. The van der Waals surface area contributed by atoms with Crippen molar-refractivity contribution in [2.24, 2.45) is 0 Å². The predicted molar refractivity (Wildman–Crippen MR) is 92.0 cm³/mol. The van der Waals surface area contributed by atoms with Crippen LogP contribution in [0.3, 0.4) is 0 Å². The maximum absolute atomic E-state index is 14.3. The van der Waals surface area contributed by atoms with E-state index in [0.29, 0.717) is 17.7 Å². The van der Waals surface area contributed by atoms with Gasteiger partial charge in [-0.15, -0.1) is 10.2 Å². The van der Waals surface area contributed by atoms with Crippen molar-refractivity contribution in [3.63, 3.8) is 0 Å². The third-order valence-corrected chi connectivity index (χ3v) is 4.28. The molecule has 0 aliphatic rings. The number of aromatic nitrogens is 2. The number of ether oxygens (including phenoxy) is 1. The van der Waals surface area contributed by atoms with Crippen LogP contribution in [0.1, 0.15) is 0 Å². The molecule has 0 aliphatic carbocycles. The molecule has 2 aromatic carbocycles. The molecule has 0 atom stereocenters. The molecule has 0 aliphatic heterocycles. The van der Waals surface area contributed by atoms with E-state index >= 15 is 0 Å². The van der Waals surface area contributed by atoms with Crippen molar-refractivity contribution in [3.05, 3.63) is 63.5 Å². The zero-order valence-corrected chi connectivity index (χ0v) is 15.0. The van der Waals surface area contributed by atoms with Crippen molar-refractivity contribution in [1.29, 1.82) is 0 Å². The zero-order chi connectivity index (χ0) is 18.1. The highest BCUT2D eigenvalue weighted by molar-refractivity contribution is 9.10. The van der Waals surface area contributed by atoms with Crippen molar-refractivity contribution in [2.45, 2.75) is 0 Å². The van der Waals surface area contributed by atoms with E-state index in [1.165, 1.54) is 7.11 Å². The second-order valence-electron chi connectivity index (χ2n) is 5.00. The third kappa shape index (κ3) is 3.34. The van der Waals surface area contributed by atoms with Gasteiger partial charge < -0.3 is 4.74 Å². The first-order chi connectivity index (χ1) is 11.9. The first-order valence-electron chi connectivity index (χ1n) is 6.93. The summed E-state index contributed by atoms with van der Waals surface area (Å²) in [5.41, 5.74) is 0.234. The van der Waals surface area contributed by atoms with Gasteiger partial charge in [0.05, 0.1) is 18.2 Å². The Bertz CT molecular complexity index is 928. The Balaban J connectivity index is 2.39. The normalized spacial score (nSPS) is 10.8. The molecule has 0 bridgehead atoms. The number of methoxy groups -OCH3 is 1. The molecular formula is C17H9BrClF3N2O. The van der Waals surface area contributed by atoms with Gasteiger partial charge in [-0.3, -0.25) is 0 Å². The Morgan fingerprint density at radius 1 is 0.920 bits per heavy atom. The van der Waals surface area contributed by atoms with E-state index in [-0.39, 0.29) is 22.2 Å². The standard InChI is InChI=1S/C17H9BrClF3N2O/c1-25-17-13(8-2-4-9(18)5-3-8)15(16(19)23-24-17)14-11(21)6-10(20)7-12(14)22/h2-7H,1H3.